The molecule has 3 aromatic heterocycles. The van der Waals surface area contributed by atoms with E-state index in [1.807, 2.05) is 22.7 Å². The van der Waals surface area contributed by atoms with Crippen LogP contribution in [0, 0.1) is 13.8 Å². The summed E-state index contributed by atoms with van der Waals surface area (Å²) >= 11 is 0. The highest BCUT2D eigenvalue weighted by molar-refractivity contribution is 5.80. The standard InChI is InChI=1S/C26H28N8/c1-5-23-22(26-28-16(3)24(27-6-2)17(4)34(26)31-23)15-18-11-13-19(14-12-18)20-9-7-8-10-21(20)25-29-32-33-30-25/h7-14,27H,5-6,15H2,1-4H3,(H,29,30,32,33). The van der Waals surface area contributed by atoms with E-state index in [1.165, 1.54) is 11.1 Å². The molecular formula is C26H28N8. The molecule has 8 heteroatoms. The van der Waals surface area contributed by atoms with Gasteiger partial charge < -0.3 is 5.32 Å². The Morgan fingerprint density at radius 2 is 1.74 bits per heavy atom. The lowest BCUT2D eigenvalue weighted by Crippen LogP contribution is -2.08. The minimum Gasteiger partial charge on any atom is -0.382 e. The number of nitrogens with zero attached hydrogens (tertiary/aromatic N) is 6. The van der Waals surface area contributed by atoms with E-state index in [4.69, 9.17) is 10.1 Å². The summed E-state index contributed by atoms with van der Waals surface area (Å²) in [5.74, 6) is 0.590. The number of fused-ring (bicyclic) bond motifs is 1. The van der Waals surface area contributed by atoms with Crippen LogP contribution in [-0.4, -0.2) is 41.8 Å². The first kappa shape index (κ1) is 21.8. The molecule has 0 bridgehead atoms. The van der Waals surface area contributed by atoms with Crippen molar-refractivity contribution in [1.29, 1.82) is 0 Å². The lowest BCUT2D eigenvalue weighted by molar-refractivity contribution is 0.849. The minimum atomic E-state index is 0.590. The fourth-order valence-electron chi connectivity index (χ4n) is 4.53. The molecule has 5 rings (SSSR count). The molecule has 8 nitrogen and oxygen atoms in total. The summed E-state index contributed by atoms with van der Waals surface area (Å²) in [5.41, 5.74) is 10.8. The van der Waals surface area contributed by atoms with Gasteiger partial charge in [0.2, 0.25) is 5.82 Å². The van der Waals surface area contributed by atoms with Gasteiger partial charge in [0.25, 0.3) is 0 Å². The van der Waals surface area contributed by atoms with Gasteiger partial charge in [-0.1, -0.05) is 55.5 Å². The van der Waals surface area contributed by atoms with E-state index in [-0.39, 0.29) is 0 Å². The highest BCUT2D eigenvalue weighted by Crippen LogP contribution is 2.31. The number of aromatic nitrogens is 7. The fourth-order valence-corrected chi connectivity index (χ4v) is 4.53. The maximum absolute atomic E-state index is 4.94. The summed E-state index contributed by atoms with van der Waals surface area (Å²) < 4.78 is 1.99. The van der Waals surface area contributed by atoms with E-state index < -0.39 is 0 Å². The summed E-state index contributed by atoms with van der Waals surface area (Å²) in [7, 11) is 0. The SMILES string of the molecule is CCNc1c(C)nc2c(Cc3ccc(-c4ccccc4-c4nn[nH]n4)cc3)c(CC)nn2c1C. The van der Waals surface area contributed by atoms with Crippen molar-refractivity contribution in [3.05, 3.63) is 76.7 Å². The van der Waals surface area contributed by atoms with Gasteiger partial charge in [-0.15, -0.1) is 10.2 Å². The first-order valence-corrected chi connectivity index (χ1v) is 11.6. The number of hydrogen-bond acceptors (Lipinski definition) is 6. The van der Waals surface area contributed by atoms with E-state index in [9.17, 15) is 0 Å². The zero-order valence-electron chi connectivity index (χ0n) is 19.9. The van der Waals surface area contributed by atoms with Gasteiger partial charge in [0.1, 0.15) is 0 Å². The zero-order valence-corrected chi connectivity index (χ0v) is 19.9. The number of nitrogens with one attached hydrogen (secondary N) is 2. The molecule has 0 aliphatic rings. The molecule has 0 atom stereocenters. The van der Waals surface area contributed by atoms with Crippen LogP contribution in [-0.2, 0) is 12.8 Å². The van der Waals surface area contributed by atoms with Gasteiger partial charge in [-0.3, -0.25) is 0 Å². The van der Waals surface area contributed by atoms with Crippen molar-refractivity contribution in [3.63, 3.8) is 0 Å². The third kappa shape index (κ3) is 3.81. The number of tetrazole rings is 1. The van der Waals surface area contributed by atoms with Crippen LogP contribution < -0.4 is 5.32 Å². The molecule has 172 valence electrons. The first-order chi connectivity index (χ1) is 16.6. The maximum Gasteiger partial charge on any atom is 0.205 e. The van der Waals surface area contributed by atoms with Crippen LogP contribution in [0.5, 0.6) is 0 Å². The topological polar surface area (TPSA) is 96.7 Å². The Balaban J connectivity index is 1.50. The van der Waals surface area contributed by atoms with Gasteiger partial charge in [0.15, 0.2) is 5.65 Å². The molecule has 3 heterocycles. The van der Waals surface area contributed by atoms with E-state index in [1.54, 1.807) is 0 Å². The van der Waals surface area contributed by atoms with Crippen molar-refractivity contribution in [3.8, 4) is 22.5 Å². The molecule has 0 unspecified atom stereocenters. The third-order valence-electron chi connectivity index (χ3n) is 6.20. The monoisotopic (exact) mass is 452 g/mol. The second kappa shape index (κ2) is 9.05. The van der Waals surface area contributed by atoms with Crippen LogP contribution >= 0.6 is 0 Å². The minimum absolute atomic E-state index is 0.590. The van der Waals surface area contributed by atoms with E-state index in [0.717, 1.165) is 64.5 Å². The molecule has 5 aromatic rings. The second-order valence-electron chi connectivity index (χ2n) is 8.36. The Morgan fingerprint density at radius 3 is 2.41 bits per heavy atom. The lowest BCUT2D eigenvalue weighted by atomic mass is 9.96. The molecule has 0 spiro atoms. The average molecular weight is 453 g/mol. The van der Waals surface area contributed by atoms with Crippen molar-refractivity contribution in [2.75, 3.05) is 11.9 Å². The van der Waals surface area contributed by atoms with Crippen molar-refractivity contribution in [2.45, 2.75) is 40.5 Å². The van der Waals surface area contributed by atoms with Crippen molar-refractivity contribution in [1.82, 2.24) is 35.2 Å². The summed E-state index contributed by atoms with van der Waals surface area (Å²) in [6.07, 6.45) is 1.65. The third-order valence-corrected chi connectivity index (χ3v) is 6.20. The average Bonchev–Trinajstić information content (AvgIpc) is 3.51. The van der Waals surface area contributed by atoms with Crippen LogP contribution in [0.2, 0.25) is 0 Å². The van der Waals surface area contributed by atoms with Gasteiger partial charge >= 0.3 is 0 Å². The number of aryl methyl sites for hydroxylation is 3. The van der Waals surface area contributed by atoms with Gasteiger partial charge in [-0.05, 0) is 49.1 Å². The number of hydrogen-bond donors (Lipinski definition) is 2. The lowest BCUT2D eigenvalue weighted by Gasteiger charge is -2.12. The van der Waals surface area contributed by atoms with Crippen LogP contribution in [0.25, 0.3) is 28.2 Å². The Morgan fingerprint density at radius 1 is 0.971 bits per heavy atom. The van der Waals surface area contributed by atoms with Gasteiger partial charge in [-0.25, -0.2) is 9.50 Å². The van der Waals surface area contributed by atoms with E-state index in [0.29, 0.717) is 5.82 Å². The summed E-state index contributed by atoms with van der Waals surface area (Å²) in [5, 5.41) is 22.9. The Kier molecular flexibility index (Phi) is 5.79. The van der Waals surface area contributed by atoms with Gasteiger partial charge in [0.05, 0.1) is 22.8 Å². The highest BCUT2D eigenvalue weighted by Gasteiger charge is 2.18. The molecule has 0 fully saturated rings. The molecule has 0 radical (unpaired) electrons. The molecule has 0 saturated heterocycles. The number of aromatic amines is 1. The first-order valence-electron chi connectivity index (χ1n) is 11.6. The Hall–Kier alpha value is -4.07. The van der Waals surface area contributed by atoms with E-state index >= 15 is 0 Å². The molecule has 2 aromatic carbocycles. The van der Waals surface area contributed by atoms with Crippen molar-refractivity contribution < 1.29 is 0 Å². The molecule has 0 amide bonds. The van der Waals surface area contributed by atoms with Crippen LogP contribution in [0.1, 0.15) is 42.1 Å². The second-order valence-corrected chi connectivity index (χ2v) is 8.36. The van der Waals surface area contributed by atoms with E-state index in [2.05, 4.69) is 84.0 Å². The number of anilines is 1. The Labute approximate surface area is 198 Å². The normalized spacial score (nSPS) is 11.3. The quantitative estimate of drug-likeness (QED) is 0.369. The van der Waals surface area contributed by atoms with Crippen LogP contribution in [0.15, 0.2) is 48.5 Å². The summed E-state index contributed by atoms with van der Waals surface area (Å²) in [6, 6.07) is 16.8. The summed E-state index contributed by atoms with van der Waals surface area (Å²) in [6.45, 7) is 9.26. The van der Waals surface area contributed by atoms with Crippen molar-refractivity contribution >= 4 is 11.3 Å². The molecule has 0 saturated carbocycles. The van der Waals surface area contributed by atoms with Crippen LogP contribution in [0.4, 0.5) is 5.69 Å². The van der Waals surface area contributed by atoms with Crippen LogP contribution in [0.3, 0.4) is 0 Å². The molecule has 0 aliphatic heterocycles. The van der Waals surface area contributed by atoms with Crippen molar-refractivity contribution in [2.24, 2.45) is 0 Å². The fraction of sp³-hybridized carbons (Fsp3) is 0.269. The number of benzene rings is 2. The predicted molar refractivity (Wildman–Crippen MR) is 134 cm³/mol. The zero-order chi connectivity index (χ0) is 23.7. The number of H-pyrrole nitrogens is 1. The number of rotatable bonds is 7. The largest absolute Gasteiger partial charge is 0.382 e. The highest BCUT2D eigenvalue weighted by atomic mass is 15.5. The molecule has 2 N–H and O–H groups in total. The predicted octanol–water partition coefficient (Wildman–Crippen LogP) is 4.78. The maximum atomic E-state index is 4.94. The molecular weight excluding hydrogens is 424 g/mol. The smallest absolute Gasteiger partial charge is 0.205 e. The van der Waals surface area contributed by atoms with Gasteiger partial charge in [-0.2, -0.15) is 10.3 Å². The summed E-state index contributed by atoms with van der Waals surface area (Å²) in [4.78, 5) is 4.94. The van der Waals surface area contributed by atoms with Gasteiger partial charge in [0, 0.05) is 24.1 Å². The Bertz CT molecular complexity index is 1430. The molecule has 0 aliphatic carbocycles. The molecule has 34 heavy (non-hydrogen) atoms.